The second-order valence-electron chi connectivity index (χ2n) is 4.30. The first-order chi connectivity index (χ1) is 8.61. The average molecular weight is 259 g/mol. The van der Waals surface area contributed by atoms with Gasteiger partial charge in [0.05, 0.1) is 19.3 Å². The van der Waals surface area contributed by atoms with E-state index in [2.05, 4.69) is 10.6 Å². The van der Waals surface area contributed by atoms with Gasteiger partial charge in [-0.05, 0) is 12.8 Å². The minimum absolute atomic E-state index is 0.185. The summed E-state index contributed by atoms with van der Waals surface area (Å²) in [7, 11) is 1.54. The van der Waals surface area contributed by atoms with Crippen LogP contribution in [-0.2, 0) is 9.53 Å². The fourth-order valence-electron chi connectivity index (χ4n) is 1.76. The van der Waals surface area contributed by atoms with E-state index in [0.29, 0.717) is 39.1 Å². The van der Waals surface area contributed by atoms with Crippen molar-refractivity contribution < 1.29 is 19.4 Å². The second kappa shape index (κ2) is 8.02. The number of hydrogen-bond donors (Lipinski definition) is 3. The summed E-state index contributed by atoms with van der Waals surface area (Å²) in [5.74, 6) is -0.332. The second-order valence-corrected chi connectivity index (χ2v) is 4.30. The number of likely N-dealkylation sites (tertiary alicyclic amines) is 1. The first-order valence-electron chi connectivity index (χ1n) is 6.09. The third-order valence-electron chi connectivity index (χ3n) is 2.77. The summed E-state index contributed by atoms with van der Waals surface area (Å²) < 4.78 is 4.77. The zero-order valence-electron chi connectivity index (χ0n) is 10.6. The lowest BCUT2D eigenvalue weighted by atomic mass is 10.1. The maximum atomic E-state index is 11.5. The Hall–Kier alpha value is -1.18. The number of aliphatic hydroxyl groups excluding tert-OH is 1. The molecule has 1 fully saturated rings. The first kappa shape index (κ1) is 14.9. The number of aliphatic hydroxyl groups is 1. The first-order valence-corrected chi connectivity index (χ1v) is 6.09. The van der Waals surface area contributed by atoms with E-state index in [1.54, 1.807) is 0 Å². The lowest BCUT2D eigenvalue weighted by molar-refractivity contribution is -0.121. The number of amides is 3. The van der Waals surface area contributed by atoms with Crippen LogP contribution < -0.4 is 10.6 Å². The van der Waals surface area contributed by atoms with Gasteiger partial charge in [-0.3, -0.25) is 15.0 Å². The molecule has 104 valence electrons. The number of imide groups is 1. The zero-order chi connectivity index (χ0) is 13.4. The van der Waals surface area contributed by atoms with Gasteiger partial charge in [0.25, 0.3) is 0 Å². The molecule has 1 saturated heterocycles. The standard InChI is InChI=1S/C11H21N3O4/c1-18-7-4-12-11(17)13-10(16)8-14-5-2-9(15)3-6-14/h9,15H,2-8H2,1H3,(H2,12,13,16,17). The van der Waals surface area contributed by atoms with Crippen LogP contribution in [0.3, 0.4) is 0 Å². The van der Waals surface area contributed by atoms with Crippen molar-refractivity contribution in [3.63, 3.8) is 0 Å². The molecule has 0 aromatic rings. The van der Waals surface area contributed by atoms with Crippen molar-refractivity contribution in [2.45, 2.75) is 18.9 Å². The summed E-state index contributed by atoms with van der Waals surface area (Å²) in [6.07, 6.45) is 1.09. The molecule has 3 N–H and O–H groups in total. The van der Waals surface area contributed by atoms with Crippen molar-refractivity contribution in [1.82, 2.24) is 15.5 Å². The third-order valence-corrected chi connectivity index (χ3v) is 2.77. The Labute approximate surface area is 106 Å². The number of nitrogens with zero attached hydrogens (tertiary/aromatic N) is 1. The quantitative estimate of drug-likeness (QED) is 0.546. The molecule has 7 heteroatoms. The summed E-state index contributed by atoms with van der Waals surface area (Å²) in [5, 5.41) is 14.1. The third kappa shape index (κ3) is 5.95. The van der Waals surface area contributed by atoms with E-state index < -0.39 is 6.03 Å². The Bertz CT molecular complexity index is 277. The van der Waals surface area contributed by atoms with Gasteiger partial charge in [-0.1, -0.05) is 0 Å². The van der Waals surface area contributed by atoms with E-state index in [4.69, 9.17) is 4.74 Å². The Morgan fingerprint density at radius 2 is 2.06 bits per heavy atom. The summed E-state index contributed by atoms with van der Waals surface area (Å²) in [5.41, 5.74) is 0. The number of carbonyl (C=O) groups excluding carboxylic acids is 2. The monoisotopic (exact) mass is 259 g/mol. The zero-order valence-corrected chi connectivity index (χ0v) is 10.6. The smallest absolute Gasteiger partial charge is 0.321 e. The van der Waals surface area contributed by atoms with Gasteiger partial charge in [-0.15, -0.1) is 0 Å². The van der Waals surface area contributed by atoms with E-state index in [1.807, 2.05) is 4.90 Å². The van der Waals surface area contributed by atoms with E-state index in [-0.39, 0.29) is 18.6 Å². The Morgan fingerprint density at radius 3 is 2.67 bits per heavy atom. The molecule has 0 spiro atoms. The number of ether oxygens (including phenoxy) is 1. The summed E-state index contributed by atoms with van der Waals surface area (Å²) in [6.45, 7) is 2.32. The molecule has 0 aromatic heterocycles. The Morgan fingerprint density at radius 1 is 1.39 bits per heavy atom. The molecule has 0 aromatic carbocycles. The molecule has 0 aliphatic carbocycles. The molecule has 3 amide bonds. The van der Waals surface area contributed by atoms with Crippen molar-refractivity contribution in [1.29, 1.82) is 0 Å². The number of nitrogens with one attached hydrogen (secondary N) is 2. The van der Waals surface area contributed by atoms with Crippen molar-refractivity contribution in [2.24, 2.45) is 0 Å². The molecule has 1 aliphatic heterocycles. The van der Waals surface area contributed by atoms with Crippen LogP contribution in [0, 0.1) is 0 Å². The van der Waals surface area contributed by atoms with Crippen LogP contribution in [0.2, 0.25) is 0 Å². The van der Waals surface area contributed by atoms with Crippen LogP contribution in [-0.4, -0.2) is 67.9 Å². The average Bonchev–Trinajstić information content (AvgIpc) is 2.32. The van der Waals surface area contributed by atoms with Gasteiger partial charge in [0.2, 0.25) is 5.91 Å². The predicted molar refractivity (Wildman–Crippen MR) is 65.1 cm³/mol. The van der Waals surface area contributed by atoms with Crippen molar-refractivity contribution in [2.75, 3.05) is 39.9 Å². The minimum Gasteiger partial charge on any atom is -0.393 e. The van der Waals surface area contributed by atoms with Gasteiger partial charge in [-0.25, -0.2) is 4.79 Å². The Balaban J connectivity index is 2.14. The largest absolute Gasteiger partial charge is 0.393 e. The number of piperidine rings is 1. The topological polar surface area (TPSA) is 90.9 Å². The summed E-state index contributed by atoms with van der Waals surface area (Å²) in [6, 6.07) is -0.505. The number of hydrogen-bond acceptors (Lipinski definition) is 5. The van der Waals surface area contributed by atoms with Crippen LogP contribution in [0.15, 0.2) is 0 Å². The molecular formula is C11H21N3O4. The highest BCUT2D eigenvalue weighted by atomic mass is 16.5. The molecule has 0 atom stereocenters. The maximum Gasteiger partial charge on any atom is 0.321 e. The van der Waals surface area contributed by atoms with E-state index >= 15 is 0 Å². The maximum absolute atomic E-state index is 11.5. The normalized spacial score (nSPS) is 17.4. The SMILES string of the molecule is COCCNC(=O)NC(=O)CN1CCC(O)CC1. The molecule has 18 heavy (non-hydrogen) atoms. The number of rotatable bonds is 5. The fourth-order valence-corrected chi connectivity index (χ4v) is 1.76. The fraction of sp³-hybridized carbons (Fsp3) is 0.818. The van der Waals surface area contributed by atoms with Crippen LogP contribution >= 0.6 is 0 Å². The van der Waals surface area contributed by atoms with Crippen molar-refractivity contribution in [3.05, 3.63) is 0 Å². The molecule has 7 nitrogen and oxygen atoms in total. The van der Waals surface area contributed by atoms with Crippen LogP contribution in [0.5, 0.6) is 0 Å². The van der Waals surface area contributed by atoms with E-state index in [9.17, 15) is 14.7 Å². The Kier molecular flexibility index (Phi) is 6.63. The van der Waals surface area contributed by atoms with Gasteiger partial charge in [0.1, 0.15) is 0 Å². The van der Waals surface area contributed by atoms with Crippen LogP contribution in [0.1, 0.15) is 12.8 Å². The molecule has 0 unspecified atom stereocenters. The lowest BCUT2D eigenvalue weighted by Crippen LogP contribution is -2.47. The van der Waals surface area contributed by atoms with E-state index in [1.165, 1.54) is 7.11 Å². The molecule has 0 bridgehead atoms. The highest BCUT2D eigenvalue weighted by molar-refractivity contribution is 5.95. The minimum atomic E-state index is -0.505. The summed E-state index contributed by atoms with van der Waals surface area (Å²) in [4.78, 5) is 24.7. The van der Waals surface area contributed by atoms with Crippen LogP contribution in [0.4, 0.5) is 4.79 Å². The van der Waals surface area contributed by atoms with E-state index in [0.717, 1.165) is 0 Å². The van der Waals surface area contributed by atoms with Gasteiger partial charge in [-0.2, -0.15) is 0 Å². The molecule has 0 radical (unpaired) electrons. The van der Waals surface area contributed by atoms with Gasteiger partial charge in [0.15, 0.2) is 0 Å². The molecule has 1 aliphatic rings. The molecule has 0 saturated carbocycles. The van der Waals surface area contributed by atoms with Gasteiger partial charge >= 0.3 is 6.03 Å². The van der Waals surface area contributed by atoms with Gasteiger partial charge in [0, 0.05) is 26.7 Å². The highest BCUT2D eigenvalue weighted by Crippen LogP contribution is 2.08. The van der Waals surface area contributed by atoms with Gasteiger partial charge < -0.3 is 15.2 Å². The number of urea groups is 1. The highest BCUT2D eigenvalue weighted by Gasteiger charge is 2.19. The number of methoxy groups -OCH3 is 1. The molecule has 1 heterocycles. The molecule has 1 rings (SSSR count). The molecular weight excluding hydrogens is 238 g/mol. The lowest BCUT2D eigenvalue weighted by Gasteiger charge is -2.28. The van der Waals surface area contributed by atoms with Crippen molar-refractivity contribution >= 4 is 11.9 Å². The summed E-state index contributed by atoms with van der Waals surface area (Å²) >= 11 is 0. The van der Waals surface area contributed by atoms with Crippen molar-refractivity contribution in [3.8, 4) is 0 Å². The van der Waals surface area contributed by atoms with Crippen LogP contribution in [0.25, 0.3) is 0 Å². The number of carbonyl (C=O) groups is 2. The predicted octanol–water partition coefficient (Wildman–Crippen LogP) is -1.08.